The monoisotopic (exact) mass is 377 g/mol. The van der Waals surface area contributed by atoms with Crippen LogP contribution in [0.5, 0.6) is 0 Å². The molecule has 1 atom stereocenters. The molecular formula is C19H25F2N5O. The fourth-order valence-corrected chi connectivity index (χ4v) is 4.42. The van der Waals surface area contributed by atoms with E-state index in [0.717, 1.165) is 31.3 Å². The Bertz CT molecular complexity index is 815. The Balaban J connectivity index is 1.29. The van der Waals surface area contributed by atoms with Gasteiger partial charge in [-0.15, -0.1) is 0 Å². The Morgan fingerprint density at radius 3 is 2.78 bits per heavy atom. The number of amides is 1. The largest absolute Gasteiger partial charge is 0.335 e. The number of hydrogen-bond donors (Lipinski definition) is 1. The summed E-state index contributed by atoms with van der Waals surface area (Å²) >= 11 is 0. The van der Waals surface area contributed by atoms with Crippen molar-refractivity contribution in [2.24, 2.45) is 11.7 Å². The van der Waals surface area contributed by atoms with E-state index in [1.54, 1.807) is 10.8 Å². The number of nitrogens with two attached hydrogens (primary N) is 1. The van der Waals surface area contributed by atoms with E-state index in [2.05, 4.69) is 16.1 Å². The maximum atomic E-state index is 13.3. The van der Waals surface area contributed by atoms with Gasteiger partial charge in [0.25, 0.3) is 5.92 Å². The van der Waals surface area contributed by atoms with Crippen LogP contribution in [-0.2, 0) is 4.79 Å². The molecule has 6 nitrogen and oxygen atoms in total. The van der Waals surface area contributed by atoms with Gasteiger partial charge in [0.2, 0.25) is 5.91 Å². The average Bonchev–Trinajstić information content (AvgIpc) is 3.26. The smallest absolute Gasteiger partial charge is 0.267 e. The predicted molar refractivity (Wildman–Crippen MR) is 96.4 cm³/mol. The van der Waals surface area contributed by atoms with Crippen LogP contribution in [0.4, 0.5) is 8.78 Å². The molecule has 4 rings (SSSR count). The lowest BCUT2D eigenvalue weighted by Gasteiger charge is -2.31. The molecule has 0 radical (unpaired) electrons. The summed E-state index contributed by atoms with van der Waals surface area (Å²) in [5.41, 5.74) is 8.15. The zero-order valence-corrected chi connectivity index (χ0v) is 15.2. The van der Waals surface area contributed by atoms with Crippen molar-refractivity contribution in [3.05, 3.63) is 30.2 Å². The van der Waals surface area contributed by atoms with Gasteiger partial charge in [0.05, 0.1) is 12.6 Å². The standard InChI is InChI=1S/C19H25F2N5O/c20-19(21)7-8-25(11-19)18(27)16(22)9-13-1-3-14(4-2-13)15-5-6-17-23-12-24-26(17)10-15/h5-6,10,12-14,16H,1-4,7-9,11,22H2/t13?,14?,16-/m0/s1. The lowest BCUT2D eigenvalue weighted by atomic mass is 9.77. The first-order chi connectivity index (χ1) is 12.9. The van der Waals surface area contributed by atoms with Gasteiger partial charge in [-0.2, -0.15) is 5.10 Å². The second-order valence-corrected chi connectivity index (χ2v) is 7.95. The van der Waals surface area contributed by atoms with Gasteiger partial charge in [0.1, 0.15) is 6.33 Å². The van der Waals surface area contributed by atoms with Gasteiger partial charge in [-0.05, 0) is 55.6 Å². The van der Waals surface area contributed by atoms with Crippen LogP contribution in [0.3, 0.4) is 0 Å². The van der Waals surface area contributed by atoms with Crippen LogP contribution < -0.4 is 5.73 Å². The van der Waals surface area contributed by atoms with Crippen molar-refractivity contribution >= 4 is 11.6 Å². The molecule has 146 valence electrons. The molecule has 1 aliphatic carbocycles. The third-order valence-electron chi connectivity index (χ3n) is 6.00. The van der Waals surface area contributed by atoms with Gasteiger partial charge < -0.3 is 10.6 Å². The van der Waals surface area contributed by atoms with E-state index in [9.17, 15) is 13.6 Å². The normalized spacial score (nSPS) is 26.4. The Kier molecular flexibility index (Phi) is 4.84. The quantitative estimate of drug-likeness (QED) is 0.889. The SMILES string of the molecule is N[C@@H](CC1CCC(c2ccc3ncnn3c2)CC1)C(=O)N1CCC(F)(F)C1. The molecule has 0 unspecified atom stereocenters. The molecule has 2 aromatic rings. The number of aromatic nitrogens is 3. The second-order valence-electron chi connectivity index (χ2n) is 7.95. The highest BCUT2D eigenvalue weighted by Crippen LogP contribution is 2.37. The summed E-state index contributed by atoms with van der Waals surface area (Å²) in [6.45, 7) is -0.381. The lowest BCUT2D eigenvalue weighted by Crippen LogP contribution is -2.44. The van der Waals surface area contributed by atoms with E-state index in [1.165, 1.54) is 10.5 Å². The third kappa shape index (κ3) is 3.95. The van der Waals surface area contributed by atoms with Crippen LogP contribution in [0.1, 0.15) is 50.0 Å². The summed E-state index contributed by atoms with van der Waals surface area (Å²) in [5, 5.41) is 4.19. The summed E-state index contributed by atoms with van der Waals surface area (Å²) in [6, 6.07) is 3.42. The number of alkyl halides is 2. The number of halogens is 2. The predicted octanol–water partition coefficient (Wildman–Crippen LogP) is 2.59. The number of carbonyl (C=O) groups excluding carboxylic acids is 1. The molecule has 1 aliphatic heterocycles. The van der Waals surface area contributed by atoms with Crippen molar-refractivity contribution in [1.29, 1.82) is 0 Å². The lowest BCUT2D eigenvalue weighted by molar-refractivity contribution is -0.133. The zero-order chi connectivity index (χ0) is 19.0. The van der Waals surface area contributed by atoms with Gasteiger partial charge in [0.15, 0.2) is 5.65 Å². The fourth-order valence-electron chi connectivity index (χ4n) is 4.42. The number of nitrogens with zero attached hydrogens (tertiary/aromatic N) is 4. The minimum Gasteiger partial charge on any atom is -0.335 e. The van der Waals surface area contributed by atoms with Crippen molar-refractivity contribution in [3.8, 4) is 0 Å². The summed E-state index contributed by atoms with van der Waals surface area (Å²) in [6.07, 6.45) is 7.97. The zero-order valence-electron chi connectivity index (χ0n) is 15.2. The molecule has 8 heteroatoms. The molecule has 1 saturated carbocycles. The highest BCUT2D eigenvalue weighted by molar-refractivity contribution is 5.82. The molecule has 0 aromatic carbocycles. The van der Waals surface area contributed by atoms with Gasteiger partial charge in [-0.3, -0.25) is 4.79 Å². The third-order valence-corrected chi connectivity index (χ3v) is 6.00. The van der Waals surface area contributed by atoms with Crippen LogP contribution in [0, 0.1) is 5.92 Å². The van der Waals surface area contributed by atoms with E-state index >= 15 is 0 Å². The van der Waals surface area contributed by atoms with Gasteiger partial charge >= 0.3 is 0 Å². The maximum absolute atomic E-state index is 13.3. The van der Waals surface area contributed by atoms with Gasteiger partial charge in [-0.25, -0.2) is 18.3 Å². The number of carbonyl (C=O) groups is 1. The molecule has 1 amide bonds. The average molecular weight is 377 g/mol. The minimum absolute atomic E-state index is 0.108. The summed E-state index contributed by atoms with van der Waals surface area (Å²) in [4.78, 5) is 17.7. The summed E-state index contributed by atoms with van der Waals surface area (Å²) < 4.78 is 28.4. The van der Waals surface area contributed by atoms with Crippen molar-refractivity contribution in [3.63, 3.8) is 0 Å². The molecular weight excluding hydrogens is 352 g/mol. The van der Waals surface area contributed by atoms with Crippen LogP contribution in [0.25, 0.3) is 5.65 Å². The van der Waals surface area contributed by atoms with Crippen LogP contribution >= 0.6 is 0 Å². The minimum atomic E-state index is -2.77. The fraction of sp³-hybridized carbons (Fsp3) is 0.632. The molecule has 0 bridgehead atoms. The Morgan fingerprint density at radius 2 is 2.07 bits per heavy atom. The Labute approximate surface area is 156 Å². The number of hydrogen-bond acceptors (Lipinski definition) is 4. The van der Waals surface area contributed by atoms with Crippen molar-refractivity contribution in [1.82, 2.24) is 19.5 Å². The topological polar surface area (TPSA) is 76.5 Å². The number of likely N-dealkylation sites (tertiary alicyclic amines) is 1. The van der Waals surface area contributed by atoms with Crippen LogP contribution in [0.15, 0.2) is 24.7 Å². The number of rotatable bonds is 4. The molecule has 2 aromatic heterocycles. The highest BCUT2D eigenvalue weighted by Gasteiger charge is 2.41. The van der Waals surface area contributed by atoms with E-state index in [4.69, 9.17) is 5.73 Å². The maximum Gasteiger partial charge on any atom is 0.267 e. The first-order valence-electron chi connectivity index (χ1n) is 9.63. The van der Waals surface area contributed by atoms with Crippen LogP contribution in [-0.4, -0.2) is 50.5 Å². The van der Waals surface area contributed by atoms with Crippen molar-refractivity contribution in [2.45, 2.75) is 56.4 Å². The molecule has 3 heterocycles. The molecule has 2 N–H and O–H groups in total. The van der Waals surface area contributed by atoms with E-state index in [0.29, 0.717) is 18.3 Å². The van der Waals surface area contributed by atoms with E-state index < -0.39 is 18.5 Å². The molecule has 1 saturated heterocycles. The first-order valence-corrected chi connectivity index (χ1v) is 9.63. The number of pyridine rings is 1. The number of fused-ring (bicyclic) bond motifs is 1. The Hall–Kier alpha value is -2.09. The van der Waals surface area contributed by atoms with Gasteiger partial charge in [0, 0.05) is 19.2 Å². The van der Waals surface area contributed by atoms with Gasteiger partial charge in [-0.1, -0.05) is 6.07 Å². The molecule has 2 aliphatic rings. The van der Waals surface area contributed by atoms with E-state index in [1.807, 2.05) is 12.3 Å². The van der Waals surface area contributed by atoms with Crippen LogP contribution in [0.2, 0.25) is 0 Å². The van der Waals surface area contributed by atoms with Crippen molar-refractivity contribution in [2.75, 3.05) is 13.1 Å². The first kappa shape index (κ1) is 18.3. The second kappa shape index (κ2) is 7.14. The summed E-state index contributed by atoms with van der Waals surface area (Å²) in [7, 11) is 0. The Morgan fingerprint density at radius 1 is 1.30 bits per heavy atom. The van der Waals surface area contributed by atoms with E-state index in [-0.39, 0.29) is 18.9 Å². The van der Waals surface area contributed by atoms with Crippen molar-refractivity contribution < 1.29 is 13.6 Å². The molecule has 2 fully saturated rings. The molecule has 27 heavy (non-hydrogen) atoms. The molecule has 0 spiro atoms. The highest BCUT2D eigenvalue weighted by atomic mass is 19.3. The summed E-state index contributed by atoms with van der Waals surface area (Å²) in [5.74, 6) is -2.25.